The van der Waals surface area contributed by atoms with E-state index in [1.165, 1.54) is 0 Å². The van der Waals surface area contributed by atoms with Gasteiger partial charge in [0.25, 0.3) is 5.91 Å². The van der Waals surface area contributed by atoms with Crippen molar-refractivity contribution in [1.82, 2.24) is 0 Å². The van der Waals surface area contributed by atoms with Crippen molar-refractivity contribution in [2.45, 2.75) is 25.7 Å². The lowest BCUT2D eigenvalue weighted by atomic mass is 9.93. The van der Waals surface area contributed by atoms with Crippen molar-refractivity contribution in [3.63, 3.8) is 0 Å². The Kier molecular flexibility index (Phi) is 3.80. The highest BCUT2D eigenvalue weighted by Crippen LogP contribution is 2.82. The number of amidine groups is 1. The maximum Gasteiger partial charge on any atom is 0.293 e. The van der Waals surface area contributed by atoms with Gasteiger partial charge in [-0.15, -0.1) is 0 Å². The number of fused-ring (bicyclic) bond motifs is 1. The monoisotopic (exact) mass is 344 g/mol. The first kappa shape index (κ1) is 16.7. The number of halogens is 1. The number of hydrogen-bond acceptors (Lipinski definition) is 6. The Hall–Kier alpha value is -2.12. The van der Waals surface area contributed by atoms with Gasteiger partial charge in [0, 0.05) is 24.2 Å². The van der Waals surface area contributed by atoms with E-state index in [1.807, 2.05) is 6.07 Å². The van der Waals surface area contributed by atoms with Crippen molar-refractivity contribution in [1.29, 1.82) is 10.5 Å². The molecule has 1 aromatic carbocycles. The van der Waals surface area contributed by atoms with Crippen LogP contribution in [0.15, 0.2) is 29.3 Å². The SMILES string of the molecule is CCOC1(OCC)N=C(N)[C@]2(C#N)[C@H](c3ccccc3Cl)[C@]12C#N. The van der Waals surface area contributed by atoms with E-state index in [1.54, 1.807) is 32.0 Å². The molecule has 124 valence electrons. The number of hydrogen-bond donors (Lipinski definition) is 1. The molecule has 3 atom stereocenters. The average molecular weight is 345 g/mol. The lowest BCUT2D eigenvalue weighted by Crippen LogP contribution is -2.43. The minimum absolute atomic E-state index is 0.0540. The van der Waals surface area contributed by atoms with Crippen LogP contribution in [0, 0.1) is 33.5 Å². The first-order valence-electron chi connectivity index (χ1n) is 7.72. The van der Waals surface area contributed by atoms with Gasteiger partial charge in [-0.3, -0.25) is 0 Å². The van der Waals surface area contributed by atoms with Crippen molar-refractivity contribution in [3.05, 3.63) is 34.9 Å². The standard InChI is InChI=1S/C17H17ClN4O2/c1-3-23-17(24-4-2)16(10-20)13(11-7-5-6-8-12(11)18)15(16,9-19)14(21)22-17/h5-8,13H,3-4H2,1-2H3,(H2,21,22)/t13-,15-,16-/m0/s1. The second-order valence-electron chi connectivity index (χ2n) is 5.74. The number of rotatable bonds is 5. The molecule has 0 spiro atoms. The van der Waals surface area contributed by atoms with E-state index in [2.05, 4.69) is 17.1 Å². The van der Waals surface area contributed by atoms with Gasteiger partial charge in [0.2, 0.25) is 0 Å². The molecule has 2 N–H and O–H groups in total. The third-order valence-electron chi connectivity index (χ3n) is 4.82. The summed E-state index contributed by atoms with van der Waals surface area (Å²) in [6.07, 6.45) is 0. The molecule has 0 unspecified atom stereocenters. The molecule has 0 amide bonds. The molecule has 6 nitrogen and oxygen atoms in total. The van der Waals surface area contributed by atoms with Crippen LogP contribution in [0.4, 0.5) is 0 Å². The van der Waals surface area contributed by atoms with Crippen molar-refractivity contribution in [2.24, 2.45) is 21.6 Å². The highest BCUT2D eigenvalue weighted by molar-refractivity contribution is 6.31. The largest absolute Gasteiger partial charge is 0.386 e. The van der Waals surface area contributed by atoms with Gasteiger partial charge in [-0.05, 0) is 25.5 Å². The minimum Gasteiger partial charge on any atom is -0.386 e. The molecule has 0 radical (unpaired) electrons. The highest BCUT2D eigenvalue weighted by atomic mass is 35.5. The Bertz CT molecular complexity index is 791. The zero-order valence-electron chi connectivity index (χ0n) is 13.4. The van der Waals surface area contributed by atoms with E-state index < -0.39 is 22.7 Å². The number of nitrogens with two attached hydrogens (primary N) is 1. The summed E-state index contributed by atoms with van der Waals surface area (Å²) in [5, 5.41) is 20.4. The second kappa shape index (κ2) is 5.46. The fraction of sp³-hybridized carbons (Fsp3) is 0.471. The third kappa shape index (κ3) is 1.63. The van der Waals surface area contributed by atoms with Gasteiger partial charge in [-0.1, -0.05) is 29.8 Å². The average Bonchev–Trinajstić information content (AvgIpc) is 3.14. The Balaban J connectivity index is 2.25. The molecule has 3 rings (SSSR count). The van der Waals surface area contributed by atoms with E-state index in [-0.39, 0.29) is 19.0 Å². The van der Waals surface area contributed by atoms with E-state index in [0.717, 1.165) is 0 Å². The van der Waals surface area contributed by atoms with Crippen LogP contribution in [0.3, 0.4) is 0 Å². The molecule has 1 aliphatic heterocycles. The van der Waals surface area contributed by atoms with E-state index in [9.17, 15) is 10.5 Å². The van der Waals surface area contributed by atoms with E-state index in [4.69, 9.17) is 26.8 Å². The fourth-order valence-electron chi connectivity index (χ4n) is 3.93. The van der Waals surface area contributed by atoms with Gasteiger partial charge in [0.05, 0.1) is 12.1 Å². The summed E-state index contributed by atoms with van der Waals surface area (Å²) in [7, 11) is 0. The summed E-state index contributed by atoms with van der Waals surface area (Å²) >= 11 is 6.32. The van der Waals surface area contributed by atoms with Crippen molar-refractivity contribution in [3.8, 4) is 12.1 Å². The van der Waals surface area contributed by atoms with Crippen LogP contribution in [-0.2, 0) is 9.47 Å². The minimum atomic E-state index is -1.60. The smallest absolute Gasteiger partial charge is 0.293 e. The molecule has 0 bridgehead atoms. The maximum atomic E-state index is 10.1. The van der Waals surface area contributed by atoms with Crippen LogP contribution < -0.4 is 5.73 Å². The van der Waals surface area contributed by atoms with E-state index in [0.29, 0.717) is 10.6 Å². The Labute approximate surface area is 145 Å². The summed E-state index contributed by atoms with van der Waals surface area (Å²) < 4.78 is 11.5. The zero-order chi connectivity index (χ0) is 17.6. The maximum absolute atomic E-state index is 10.1. The quantitative estimate of drug-likeness (QED) is 0.826. The molecular weight excluding hydrogens is 328 g/mol. The van der Waals surface area contributed by atoms with Crippen molar-refractivity contribution in [2.75, 3.05) is 13.2 Å². The predicted octanol–water partition coefficient (Wildman–Crippen LogP) is 2.55. The summed E-state index contributed by atoms with van der Waals surface area (Å²) in [6, 6.07) is 11.6. The van der Waals surface area contributed by atoms with Gasteiger partial charge < -0.3 is 15.2 Å². The second-order valence-corrected chi connectivity index (χ2v) is 6.15. The molecule has 1 aromatic rings. The molecule has 0 saturated heterocycles. The molecule has 1 fully saturated rings. The summed E-state index contributed by atoms with van der Waals surface area (Å²) in [4.78, 5) is 4.28. The van der Waals surface area contributed by atoms with Gasteiger partial charge in [0.15, 0.2) is 5.41 Å². The van der Waals surface area contributed by atoms with Crippen molar-refractivity contribution < 1.29 is 9.47 Å². The zero-order valence-corrected chi connectivity index (χ0v) is 14.2. The number of nitriles is 2. The molecule has 7 heteroatoms. The molecule has 1 heterocycles. The Morgan fingerprint density at radius 1 is 1.21 bits per heavy atom. The summed E-state index contributed by atoms with van der Waals surface area (Å²) in [6.45, 7) is 4.07. The van der Waals surface area contributed by atoms with Gasteiger partial charge >= 0.3 is 0 Å². The van der Waals surface area contributed by atoms with Crippen LogP contribution in [0.5, 0.6) is 0 Å². The van der Waals surface area contributed by atoms with E-state index >= 15 is 0 Å². The predicted molar refractivity (Wildman–Crippen MR) is 87.9 cm³/mol. The van der Waals surface area contributed by atoms with Gasteiger partial charge in [-0.25, -0.2) is 4.99 Å². The lowest BCUT2D eigenvalue weighted by molar-refractivity contribution is -0.255. The van der Waals surface area contributed by atoms with Crippen LogP contribution in [0.1, 0.15) is 25.3 Å². The fourth-order valence-corrected chi connectivity index (χ4v) is 4.17. The van der Waals surface area contributed by atoms with Gasteiger partial charge in [-0.2, -0.15) is 10.5 Å². The number of aliphatic imine (C=N–C) groups is 1. The molecule has 24 heavy (non-hydrogen) atoms. The first-order valence-corrected chi connectivity index (χ1v) is 8.09. The highest BCUT2D eigenvalue weighted by Gasteiger charge is 2.93. The van der Waals surface area contributed by atoms with Crippen LogP contribution in [0.25, 0.3) is 0 Å². The Morgan fingerprint density at radius 2 is 1.83 bits per heavy atom. The first-order chi connectivity index (χ1) is 11.5. The molecular formula is C17H17ClN4O2. The number of benzene rings is 1. The lowest BCUT2D eigenvalue weighted by Gasteiger charge is -2.31. The normalized spacial score (nSPS) is 32.4. The number of nitrogens with zero attached hydrogens (tertiary/aromatic N) is 3. The Morgan fingerprint density at radius 3 is 2.33 bits per heavy atom. The number of ether oxygens (including phenoxy) is 2. The molecule has 0 aromatic heterocycles. The van der Waals surface area contributed by atoms with Crippen LogP contribution in [0.2, 0.25) is 5.02 Å². The topological polar surface area (TPSA) is 104 Å². The summed E-state index contributed by atoms with van der Waals surface area (Å²) in [5.41, 5.74) is 4.11. The third-order valence-corrected chi connectivity index (χ3v) is 5.17. The van der Waals surface area contributed by atoms with Crippen molar-refractivity contribution >= 4 is 17.4 Å². The van der Waals surface area contributed by atoms with Crippen LogP contribution in [-0.4, -0.2) is 25.0 Å². The summed E-state index contributed by atoms with van der Waals surface area (Å²) in [5.74, 6) is -2.11. The molecule has 1 saturated carbocycles. The molecule has 1 aliphatic carbocycles. The van der Waals surface area contributed by atoms with Gasteiger partial charge in [0.1, 0.15) is 11.3 Å². The van der Waals surface area contributed by atoms with Crippen LogP contribution >= 0.6 is 11.6 Å². The molecule has 2 aliphatic rings.